The highest BCUT2D eigenvalue weighted by Gasteiger charge is 2.27. The van der Waals surface area contributed by atoms with Crippen LogP contribution in [-0.4, -0.2) is 63.3 Å². The van der Waals surface area contributed by atoms with Crippen molar-refractivity contribution in [1.29, 1.82) is 0 Å². The van der Waals surface area contributed by atoms with Gasteiger partial charge < -0.3 is 19.8 Å². The largest absolute Gasteiger partial charge is 0.469 e. The fourth-order valence-corrected chi connectivity index (χ4v) is 2.52. The zero-order chi connectivity index (χ0) is 16.3. The molecule has 1 aromatic rings. The normalized spacial score (nSPS) is 15.2. The maximum absolute atomic E-state index is 5.34. The van der Waals surface area contributed by atoms with Crippen LogP contribution in [-0.2, 0) is 11.2 Å². The summed E-state index contributed by atoms with van der Waals surface area (Å²) >= 11 is 0. The Morgan fingerprint density at radius 3 is 2.91 bits per heavy atom. The average molecular weight is 322 g/mol. The Kier molecular flexibility index (Phi) is 7.97. The monoisotopic (exact) mass is 322 g/mol. The third kappa shape index (κ3) is 7.05. The van der Waals surface area contributed by atoms with Crippen molar-refractivity contribution in [2.75, 3.05) is 46.4 Å². The van der Waals surface area contributed by atoms with Crippen LogP contribution in [0.2, 0.25) is 0 Å². The van der Waals surface area contributed by atoms with Crippen LogP contribution in [0.25, 0.3) is 0 Å². The summed E-state index contributed by atoms with van der Waals surface area (Å²) in [6, 6.07) is 4.66. The van der Waals surface area contributed by atoms with Crippen molar-refractivity contribution in [3.63, 3.8) is 0 Å². The summed E-state index contributed by atoms with van der Waals surface area (Å²) < 4.78 is 10.5. The minimum Gasteiger partial charge on any atom is -0.469 e. The van der Waals surface area contributed by atoms with E-state index in [1.165, 1.54) is 12.8 Å². The highest BCUT2D eigenvalue weighted by atomic mass is 16.5. The number of methoxy groups -OCH3 is 1. The van der Waals surface area contributed by atoms with Crippen molar-refractivity contribution in [3.8, 4) is 0 Å². The first-order valence-corrected chi connectivity index (χ1v) is 8.61. The van der Waals surface area contributed by atoms with E-state index in [9.17, 15) is 0 Å². The van der Waals surface area contributed by atoms with Gasteiger partial charge in [0.05, 0.1) is 19.4 Å². The zero-order valence-corrected chi connectivity index (χ0v) is 14.4. The second-order valence-electron chi connectivity index (χ2n) is 5.78. The molecule has 0 spiro atoms. The predicted octanol–water partition coefficient (Wildman–Crippen LogP) is 1.49. The number of hydrogen-bond donors (Lipinski definition) is 2. The molecule has 0 radical (unpaired) electrons. The van der Waals surface area contributed by atoms with Crippen molar-refractivity contribution in [2.24, 2.45) is 4.99 Å². The van der Waals surface area contributed by atoms with E-state index in [0.29, 0.717) is 0 Å². The Hall–Kier alpha value is -1.53. The molecule has 1 aliphatic carbocycles. The number of rotatable bonds is 11. The summed E-state index contributed by atoms with van der Waals surface area (Å²) in [4.78, 5) is 7.16. The highest BCUT2D eigenvalue weighted by Crippen LogP contribution is 2.26. The van der Waals surface area contributed by atoms with Gasteiger partial charge in [-0.3, -0.25) is 9.89 Å². The molecule has 1 saturated carbocycles. The molecule has 0 bridgehead atoms. The van der Waals surface area contributed by atoms with E-state index in [-0.39, 0.29) is 0 Å². The molecule has 0 amide bonds. The molecule has 1 fully saturated rings. The van der Waals surface area contributed by atoms with E-state index in [1.807, 2.05) is 12.1 Å². The highest BCUT2D eigenvalue weighted by molar-refractivity contribution is 5.79. The second-order valence-corrected chi connectivity index (χ2v) is 5.78. The summed E-state index contributed by atoms with van der Waals surface area (Å²) in [5.41, 5.74) is 0. The fourth-order valence-electron chi connectivity index (χ4n) is 2.52. The Morgan fingerprint density at radius 1 is 1.39 bits per heavy atom. The number of guanidine groups is 1. The number of ether oxygens (including phenoxy) is 1. The molecular formula is C17H30N4O2. The SMILES string of the molecule is CCNC(=NCCN(CCOC)C1CC1)NCCc1ccco1. The quantitative estimate of drug-likeness (QED) is 0.477. The van der Waals surface area contributed by atoms with Crippen molar-refractivity contribution < 1.29 is 9.15 Å². The number of hydrogen-bond acceptors (Lipinski definition) is 4. The first-order valence-electron chi connectivity index (χ1n) is 8.61. The van der Waals surface area contributed by atoms with Crippen LogP contribution in [0.1, 0.15) is 25.5 Å². The standard InChI is InChI=1S/C17H30N4O2/c1-3-18-17(19-9-8-16-5-4-13-23-16)20-10-11-21(12-14-22-2)15-6-7-15/h4-5,13,15H,3,6-12,14H2,1-2H3,(H2,18,19,20). The van der Waals surface area contributed by atoms with Crippen LogP contribution >= 0.6 is 0 Å². The lowest BCUT2D eigenvalue weighted by atomic mass is 10.3. The minimum absolute atomic E-state index is 0.745. The smallest absolute Gasteiger partial charge is 0.191 e. The third-order valence-corrected chi connectivity index (χ3v) is 3.89. The number of nitrogens with one attached hydrogen (secondary N) is 2. The molecule has 23 heavy (non-hydrogen) atoms. The van der Waals surface area contributed by atoms with E-state index < -0.39 is 0 Å². The van der Waals surface area contributed by atoms with Crippen LogP contribution in [0, 0.1) is 0 Å². The first kappa shape index (κ1) is 17.8. The van der Waals surface area contributed by atoms with Gasteiger partial charge in [-0.15, -0.1) is 0 Å². The molecule has 2 rings (SSSR count). The molecule has 0 atom stereocenters. The van der Waals surface area contributed by atoms with E-state index in [0.717, 1.165) is 63.5 Å². The topological polar surface area (TPSA) is 62.0 Å². The van der Waals surface area contributed by atoms with Crippen molar-refractivity contribution >= 4 is 5.96 Å². The van der Waals surface area contributed by atoms with Crippen molar-refractivity contribution in [3.05, 3.63) is 24.2 Å². The first-order chi connectivity index (χ1) is 11.3. The molecule has 1 heterocycles. The van der Waals surface area contributed by atoms with Gasteiger partial charge in [-0.05, 0) is 31.9 Å². The predicted molar refractivity (Wildman–Crippen MR) is 92.9 cm³/mol. The van der Waals surface area contributed by atoms with Crippen LogP contribution in [0.15, 0.2) is 27.8 Å². The molecule has 6 heteroatoms. The number of aliphatic imine (C=N–C) groups is 1. The maximum atomic E-state index is 5.34. The van der Waals surface area contributed by atoms with E-state index in [4.69, 9.17) is 9.15 Å². The summed E-state index contributed by atoms with van der Waals surface area (Å²) in [5, 5.41) is 6.65. The second kappa shape index (κ2) is 10.3. The Bertz CT molecular complexity index is 443. The van der Waals surface area contributed by atoms with Gasteiger partial charge in [-0.1, -0.05) is 0 Å². The maximum Gasteiger partial charge on any atom is 0.191 e. The van der Waals surface area contributed by atoms with E-state index in [2.05, 4.69) is 27.4 Å². The fraction of sp³-hybridized carbons (Fsp3) is 0.706. The summed E-state index contributed by atoms with van der Waals surface area (Å²) in [7, 11) is 1.76. The van der Waals surface area contributed by atoms with Crippen LogP contribution in [0.5, 0.6) is 0 Å². The van der Waals surface area contributed by atoms with Crippen LogP contribution < -0.4 is 10.6 Å². The lowest BCUT2D eigenvalue weighted by molar-refractivity contribution is 0.145. The van der Waals surface area contributed by atoms with Gasteiger partial charge in [0.15, 0.2) is 5.96 Å². The van der Waals surface area contributed by atoms with Crippen molar-refractivity contribution in [2.45, 2.75) is 32.2 Å². The summed E-state index contributed by atoms with van der Waals surface area (Å²) in [6.45, 7) is 7.34. The van der Waals surface area contributed by atoms with Gasteiger partial charge in [0.25, 0.3) is 0 Å². The molecule has 6 nitrogen and oxygen atoms in total. The van der Waals surface area contributed by atoms with Gasteiger partial charge in [0, 0.05) is 45.8 Å². The van der Waals surface area contributed by atoms with E-state index >= 15 is 0 Å². The van der Waals surface area contributed by atoms with Gasteiger partial charge >= 0.3 is 0 Å². The van der Waals surface area contributed by atoms with Crippen LogP contribution in [0.3, 0.4) is 0 Å². The molecular weight excluding hydrogens is 292 g/mol. The Labute approximate surface area is 139 Å². The molecule has 0 unspecified atom stereocenters. The number of nitrogens with zero attached hydrogens (tertiary/aromatic N) is 2. The van der Waals surface area contributed by atoms with Gasteiger partial charge in [0.1, 0.15) is 5.76 Å². The van der Waals surface area contributed by atoms with Gasteiger partial charge in [0.2, 0.25) is 0 Å². The van der Waals surface area contributed by atoms with E-state index in [1.54, 1.807) is 13.4 Å². The van der Waals surface area contributed by atoms with Crippen LogP contribution in [0.4, 0.5) is 0 Å². The molecule has 2 N–H and O–H groups in total. The molecule has 0 aromatic carbocycles. The number of furan rings is 1. The summed E-state index contributed by atoms with van der Waals surface area (Å²) in [6.07, 6.45) is 5.20. The summed E-state index contributed by atoms with van der Waals surface area (Å²) in [5.74, 6) is 1.87. The minimum atomic E-state index is 0.745. The zero-order valence-electron chi connectivity index (χ0n) is 14.4. The molecule has 0 aliphatic heterocycles. The lowest BCUT2D eigenvalue weighted by Crippen LogP contribution is -2.39. The Morgan fingerprint density at radius 2 is 2.26 bits per heavy atom. The average Bonchev–Trinajstić information content (AvgIpc) is 3.27. The van der Waals surface area contributed by atoms with Gasteiger partial charge in [-0.2, -0.15) is 0 Å². The van der Waals surface area contributed by atoms with Gasteiger partial charge in [-0.25, -0.2) is 0 Å². The van der Waals surface area contributed by atoms with Crippen molar-refractivity contribution in [1.82, 2.24) is 15.5 Å². The molecule has 1 aromatic heterocycles. The Balaban J connectivity index is 1.71. The molecule has 1 aliphatic rings. The molecule has 130 valence electrons. The third-order valence-electron chi connectivity index (χ3n) is 3.89. The molecule has 0 saturated heterocycles. The lowest BCUT2D eigenvalue weighted by Gasteiger charge is -2.20.